The van der Waals surface area contributed by atoms with Crippen LogP contribution in [0.25, 0.3) is 0 Å². The molecule has 1 atom stereocenters. The lowest BCUT2D eigenvalue weighted by molar-refractivity contribution is 0.123. The molecule has 0 saturated carbocycles. The second kappa shape index (κ2) is 9.98. The van der Waals surface area contributed by atoms with E-state index in [0.717, 1.165) is 57.8 Å². The van der Waals surface area contributed by atoms with Crippen molar-refractivity contribution in [3.05, 3.63) is 18.2 Å². The van der Waals surface area contributed by atoms with E-state index < -0.39 is 0 Å². The van der Waals surface area contributed by atoms with Crippen LogP contribution in [0.15, 0.2) is 12.4 Å². The summed E-state index contributed by atoms with van der Waals surface area (Å²) < 4.78 is 7.87. The number of imidazole rings is 1. The van der Waals surface area contributed by atoms with Crippen LogP contribution in [0, 0.1) is 0 Å². The summed E-state index contributed by atoms with van der Waals surface area (Å²) in [6.07, 6.45) is 8.32. The molecule has 110 valence electrons. The standard InChI is InChI=1S/C15H29N3O/c1-4-8-16-14(7-13-19-12-6-3)15-17-9-11-18(15)10-5-2/h9,11,14,16H,4-8,10,12-13H2,1-3H3. The first-order chi connectivity index (χ1) is 9.33. The maximum atomic E-state index is 5.61. The van der Waals surface area contributed by atoms with Gasteiger partial charge in [-0.2, -0.15) is 0 Å². The summed E-state index contributed by atoms with van der Waals surface area (Å²) in [6, 6.07) is 0.304. The Hall–Kier alpha value is -0.870. The average Bonchev–Trinajstić information content (AvgIpc) is 2.87. The van der Waals surface area contributed by atoms with Gasteiger partial charge in [-0.3, -0.25) is 0 Å². The van der Waals surface area contributed by atoms with Crippen LogP contribution in [0.4, 0.5) is 0 Å². The number of ether oxygens (including phenoxy) is 1. The van der Waals surface area contributed by atoms with Gasteiger partial charge in [0.25, 0.3) is 0 Å². The van der Waals surface area contributed by atoms with E-state index in [1.807, 2.05) is 6.20 Å². The van der Waals surface area contributed by atoms with Gasteiger partial charge in [-0.1, -0.05) is 20.8 Å². The zero-order valence-electron chi connectivity index (χ0n) is 12.7. The highest BCUT2D eigenvalue weighted by Crippen LogP contribution is 2.16. The summed E-state index contributed by atoms with van der Waals surface area (Å²) in [4.78, 5) is 4.53. The third-order valence-electron chi connectivity index (χ3n) is 3.06. The SMILES string of the molecule is CCCNC(CCOCCC)c1nccn1CCC. The molecule has 0 aliphatic carbocycles. The first kappa shape index (κ1) is 16.2. The number of hydrogen-bond donors (Lipinski definition) is 1. The monoisotopic (exact) mass is 267 g/mol. The molecular formula is C15H29N3O. The van der Waals surface area contributed by atoms with Crippen molar-refractivity contribution in [3.63, 3.8) is 0 Å². The molecule has 0 spiro atoms. The van der Waals surface area contributed by atoms with E-state index in [9.17, 15) is 0 Å². The molecule has 0 amide bonds. The Labute approximate surface area is 117 Å². The number of aromatic nitrogens is 2. The second-order valence-electron chi connectivity index (χ2n) is 4.89. The van der Waals surface area contributed by atoms with Crippen LogP contribution in [0.3, 0.4) is 0 Å². The highest BCUT2D eigenvalue weighted by molar-refractivity contribution is 4.99. The molecule has 1 heterocycles. The lowest BCUT2D eigenvalue weighted by Gasteiger charge is -2.19. The molecule has 1 aromatic heterocycles. The van der Waals surface area contributed by atoms with Crippen LogP contribution < -0.4 is 5.32 Å². The van der Waals surface area contributed by atoms with E-state index in [1.54, 1.807) is 0 Å². The normalized spacial score (nSPS) is 12.8. The van der Waals surface area contributed by atoms with Crippen LogP contribution >= 0.6 is 0 Å². The molecule has 0 aliphatic rings. The highest BCUT2D eigenvalue weighted by atomic mass is 16.5. The van der Waals surface area contributed by atoms with Gasteiger partial charge in [0.2, 0.25) is 0 Å². The van der Waals surface area contributed by atoms with Crippen molar-refractivity contribution in [1.29, 1.82) is 0 Å². The topological polar surface area (TPSA) is 39.1 Å². The Morgan fingerprint density at radius 2 is 2.05 bits per heavy atom. The Kier molecular flexibility index (Phi) is 8.50. The number of aryl methyl sites for hydroxylation is 1. The third-order valence-corrected chi connectivity index (χ3v) is 3.06. The first-order valence-corrected chi connectivity index (χ1v) is 7.65. The molecule has 0 bridgehead atoms. The molecule has 0 aromatic carbocycles. The summed E-state index contributed by atoms with van der Waals surface area (Å²) in [5.74, 6) is 1.15. The van der Waals surface area contributed by atoms with Gasteiger partial charge in [0.05, 0.1) is 6.04 Å². The average molecular weight is 267 g/mol. The van der Waals surface area contributed by atoms with Crippen molar-refractivity contribution in [2.75, 3.05) is 19.8 Å². The van der Waals surface area contributed by atoms with E-state index in [1.165, 1.54) is 0 Å². The number of nitrogens with one attached hydrogen (secondary N) is 1. The van der Waals surface area contributed by atoms with Gasteiger partial charge in [0, 0.05) is 32.2 Å². The molecule has 1 rings (SSSR count). The van der Waals surface area contributed by atoms with E-state index >= 15 is 0 Å². The Bertz CT molecular complexity index is 325. The fourth-order valence-corrected chi connectivity index (χ4v) is 2.15. The number of nitrogens with zero attached hydrogens (tertiary/aromatic N) is 2. The lowest BCUT2D eigenvalue weighted by atomic mass is 10.2. The lowest BCUT2D eigenvalue weighted by Crippen LogP contribution is -2.26. The van der Waals surface area contributed by atoms with Gasteiger partial charge in [0.15, 0.2) is 0 Å². The zero-order valence-corrected chi connectivity index (χ0v) is 12.7. The fourth-order valence-electron chi connectivity index (χ4n) is 2.15. The maximum absolute atomic E-state index is 5.61. The number of rotatable bonds is 11. The first-order valence-electron chi connectivity index (χ1n) is 7.65. The van der Waals surface area contributed by atoms with Crippen molar-refractivity contribution >= 4 is 0 Å². The molecule has 1 aromatic rings. The Morgan fingerprint density at radius 1 is 1.21 bits per heavy atom. The molecule has 1 N–H and O–H groups in total. The van der Waals surface area contributed by atoms with E-state index in [0.29, 0.717) is 6.04 Å². The smallest absolute Gasteiger partial charge is 0.125 e. The van der Waals surface area contributed by atoms with Crippen molar-refractivity contribution in [1.82, 2.24) is 14.9 Å². The molecule has 0 aliphatic heterocycles. The molecule has 4 heteroatoms. The Morgan fingerprint density at radius 3 is 2.74 bits per heavy atom. The molecule has 0 radical (unpaired) electrons. The van der Waals surface area contributed by atoms with E-state index in [4.69, 9.17) is 4.74 Å². The molecular weight excluding hydrogens is 238 g/mol. The molecule has 0 saturated heterocycles. The summed E-state index contributed by atoms with van der Waals surface area (Å²) >= 11 is 0. The van der Waals surface area contributed by atoms with Gasteiger partial charge < -0.3 is 14.6 Å². The van der Waals surface area contributed by atoms with Crippen molar-refractivity contribution in [2.45, 2.75) is 59.0 Å². The van der Waals surface area contributed by atoms with Gasteiger partial charge in [-0.05, 0) is 32.2 Å². The zero-order chi connectivity index (χ0) is 13.9. The van der Waals surface area contributed by atoms with Crippen molar-refractivity contribution in [3.8, 4) is 0 Å². The Balaban J connectivity index is 2.57. The predicted octanol–water partition coefficient (Wildman–Crippen LogP) is 3.15. The second-order valence-corrected chi connectivity index (χ2v) is 4.89. The molecule has 4 nitrogen and oxygen atoms in total. The van der Waals surface area contributed by atoms with Crippen LogP contribution in [0.1, 0.15) is 58.3 Å². The van der Waals surface area contributed by atoms with Crippen LogP contribution in [-0.4, -0.2) is 29.3 Å². The van der Waals surface area contributed by atoms with E-state index in [2.05, 4.69) is 41.8 Å². The summed E-state index contributed by atoms with van der Waals surface area (Å²) in [5.41, 5.74) is 0. The summed E-state index contributed by atoms with van der Waals surface area (Å²) in [6.45, 7) is 10.2. The van der Waals surface area contributed by atoms with Crippen molar-refractivity contribution < 1.29 is 4.74 Å². The van der Waals surface area contributed by atoms with Gasteiger partial charge in [-0.15, -0.1) is 0 Å². The van der Waals surface area contributed by atoms with Gasteiger partial charge in [-0.25, -0.2) is 4.98 Å². The summed E-state index contributed by atoms with van der Waals surface area (Å²) in [7, 11) is 0. The highest BCUT2D eigenvalue weighted by Gasteiger charge is 2.15. The minimum absolute atomic E-state index is 0.304. The quantitative estimate of drug-likeness (QED) is 0.626. The molecule has 19 heavy (non-hydrogen) atoms. The number of hydrogen-bond acceptors (Lipinski definition) is 3. The molecule has 0 fully saturated rings. The van der Waals surface area contributed by atoms with Crippen molar-refractivity contribution in [2.24, 2.45) is 0 Å². The third kappa shape index (κ3) is 5.74. The van der Waals surface area contributed by atoms with Crippen LogP contribution in [0.5, 0.6) is 0 Å². The van der Waals surface area contributed by atoms with Gasteiger partial charge in [0.1, 0.15) is 5.82 Å². The van der Waals surface area contributed by atoms with Gasteiger partial charge >= 0.3 is 0 Å². The van der Waals surface area contributed by atoms with Crippen LogP contribution in [-0.2, 0) is 11.3 Å². The van der Waals surface area contributed by atoms with E-state index in [-0.39, 0.29) is 0 Å². The predicted molar refractivity (Wildman–Crippen MR) is 79.3 cm³/mol. The minimum atomic E-state index is 0.304. The fraction of sp³-hybridized carbons (Fsp3) is 0.800. The minimum Gasteiger partial charge on any atom is -0.381 e. The summed E-state index contributed by atoms with van der Waals surface area (Å²) in [5, 5.41) is 3.58. The van der Waals surface area contributed by atoms with Crippen LogP contribution in [0.2, 0.25) is 0 Å². The molecule has 1 unspecified atom stereocenters. The largest absolute Gasteiger partial charge is 0.381 e. The maximum Gasteiger partial charge on any atom is 0.125 e.